The van der Waals surface area contributed by atoms with Gasteiger partial charge in [-0.25, -0.2) is 18.7 Å². The van der Waals surface area contributed by atoms with E-state index < -0.39 is 11.6 Å². The molecule has 3 aromatic carbocycles. The Balaban J connectivity index is 1.56. The van der Waals surface area contributed by atoms with Crippen LogP contribution in [-0.4, -0.2) is 17.1 Å². The minimum Gasteiger partial charge on any atom is -0.480 e. The van der Waals surface area contributed by atoms with Crippen LogP contribution in [0.2, 0.25) is 0 Å². The maximum absolute atomic E-state index is 14.1. The standard InChI is InChI=1S/C28H19F2N5OS/c1-36-28-24(35-37-25-10-8-19(29)13-22(25)30)12-18(15-33-28)17-7-9-23-20(11-17)21(14-31)26(27(32)34-23)16-5-3-2-4-6-16/h2-13,15,35H,1H3,(H2,32,34). The van der Waals surface area contributed by atoms with Crippen molar-refractivity contribution in [1.82, 2.24) is 9.97 Å². The lowest BCUT2D eigenvalue weighted by Gasteiger charge is -2.14. The summed E-state index contributed by atoms with van der Waals surface area (Å²) in [5, 5.41) is 10.7. The van der Waals surface area contributed by atoms with Crippen molar-refractivity contribution >= 4 is 34.4 Å². The Kier molecular flexibility index (Phi) is 6.58. The van der Waals surface area contributed by atoms with Crippen molar-refractivity contribution in [2.45, 2.75) is 4.90 Å². The number of pyridine rings is 2. The van der Waals surface area contributed by atoms with Gasteiger partial charge in [-0.2, -0.15) is 5.26 Å². The molecule has 6 nitrogen and oxygen atoms in total. The lowest BCUT2D eigenvalue weighted by Crippen LogP contribution is -2.00. The molecular weight excluding hydrogens is 492 g/mol. The molecule has 0 saturated heterocycles. The number of methoxy groups -OCH3 is 1. The fourth-order valence-corrected chi connectivity index (χ4v) is 4.65. The third kappa shape index (κ3) is 4.75. The molecular formula is C28H19F2N5OS. The van der Waals surface area contributed by atoms with E-state index in [1.54, 1.807) is 18.3 Å². The Hall–Kier alpha value is -4.68. The minimum absolute atomic E-state index is 0.218. The van der Waals surface area contributed by atoms with Gasteiger partial charge in [-0.15, -0.1) is 0 Å². The molecule has 0 spiro atoms. The highest BCUT2D eigenvalue weighted by Gasteiger charge is 2.17. The molecule has 0 radical (unpaired) electrons. The molecule has 2 heterocycles. The van der Waals surface area contributed by atoms with Crippen LogP contribution in [0.3, 0.4) is 0 Å². The predicted molar refractivity (Wildman–Crippen MR) is 142 cm³/mol. The summed E-state index contributed by atoms with van der Waals surface area (Å²) in [6, 6.07) is 22.4. The number of nitrogens with two attached hydrogens (primary N) is 1. The Morgan fingerprint density at radius 1 is 0.973 bits per heavy atom. The first-order valence-corrected chi connectivity index (χ1v) is 11.9. The van der Waals surface area contributed by atoms with Crippen LogP contribution in [0.1, 0.15) is 5.56 Å². The van der Waals surface area contributed by atoms with Gasteiger partial charge in [0.1, 0.15) is 29.2 Å². The second kappa shape index (κ2) is 10.1. The molecule has 0 aliphatic carbocycles. The van der Waals surface area contributed by atoms with Gasteiger partial charge >= 0.3 is 0 Å². The lowest BCUT2D eigenvalue weighted by atomic mass is 9.95. The molecule has 0 unspecified atom stereocenters. The first kappa shape index (κ1) is 24.0. The van der Waals surface area contributed by atoms with Crippen LogP contribution in [0.25, 0.3) is 33.2 Å². The number of nitriles is 1. The van der Waals surface area contributed by atoms with Gasteiger partial charge in [0.2, 0.25) is 5.88 Å². The molecule has 0 fully saturated rings. The van der Waals surface area contributed by atoms with Crippen LogP contribution in [-0.2, 0) is 0 Å². The molecule has 5 rings (SSSR count). The van der Waals surface area contributed by atoms with Crippen molar-refractivity contribution in [3.05, 3.63) is 96.2 Å². The van der Waals surface area contributed by atoms with Gasteiger partial charge in [-0.1, -0.05) is 36.4 Å². The van der Waals surface area contributed by atoms with Crippen LogP contribution in [0.5, 0.6) is 5.88 Å². The van der Waals surface area contributed by atoms with E-state index in [0.29, 0.717) is 33.6 Å². The van der Waals surface area contributed by atoms with E-state index >= 15 is 0 Å². The second-order valence-electron chi connectivity index (χ2n) is 8.02. The summed E-state index contributed by atoms with van der Waals surface area (Å²) >= 11 is 0.973. The number of hydrogen-bond donors (Lipinski definition) is 2. The second-order valence-corrected chi connectivity index (χ2v) is 8.86. The smallest absolute Gasteiger partial charge is 0.237 e. The molecule has 0 saturated carbocycles. The average Bonchev–Trinajstić information content (AvgIpc) is 2.92. The molecule has 37 heavy (non-hydrogen) atoms. The van der Waals surface area contributed by atoms with Crippen molar-refractivity contribution in [1.29, 1.82) is 5.26 Å². The van der Waals surface area contributed by atoms with E-state index in [9.17, 15) is 14.0 Å². The number of anilines is 2. The third-order valence-corrected chi connectivity index (χ3v) is 6.60. The highest BCUT2D eigenvalue weighted by Crippen LogP contribution is 2.37. The summed E-state index contributed by atoms with van der Waals surface area (Å²) in [7, 11) is 1.48. The highest BCUT2D eigenvalue weighted by atomic mass is 32.2. The molecule has 0 amide bonds. The average molecular weight is 512 g/mol. The lowest BCUT2D eigenvalue weighted by molar-refractivity contribution is 0.400. The summed E-state index contributed by atoms with van der Waals surface area (Å²) in [5.41, 5.74) is 10.7. The van der Waals surface area contributed by atoms with Crippen molar-refractivity contribution in [3.63, 3.8) is 0 Å². The van der Waals surface area contributed by atoms with Gasteiger partial charge < -0.3 is 15.2 Å². The monoisotopic (exact) mass is 511 g/mol. The molecule has 0 aliphatic rings. The molecule has 0 atom stereocenters. The number of ether oxygens (including phenoxy) is 1. The van der Waals surface area contributed by atoms with E-state index in [1.807, 2.05) is 42.5 Å². The fourth-order valence-electron chi connectivity index (χ4n) is 3.99. The van der Waals surface area contributed by atoms with E-state index in [1.165, 1.54) is 19.2 Å². The zero-order valence-corrected chi connectivity index (χ0v) is 20.3. The number of nitrogens with one attached hydrogen (secondary N) is 1. The van der Waals surface area contributed by atoms with E-state index in [2.05, 4.69) is 20.8 Å². The number of hydrogen-bond acceptors (Lipinski definition) is 7. The van der Waals surface area contributed by atoms with Crippen molar-refractivity contribution in [2.24, 2.45) is 0 Å². The van der Waals surface area contributed by atoms with Gasteiger partial charge in [0.25, 0.3) is 0 Å². The maximum atomic E-state index is 14.1. The van der Waals surface area contributed by atoms with E-state index in [4.69, 9.17) is 10.5 Å². The van der Waals surface area contributed by atoms with Crippen LogP contribution in [0, 0.1) is 23.0 Å². The summed E-state index contributed by atoms with van der Waals surface area (Å²) in [6.45, 7) is 0. The van der Waals surface area contributed by atoms with Crippen LogP contribution in [0.15, 0.2) is 83.9 Å². The van der Waals surface area contributed by atoms with Crippen molar-refractivity contribution in [2.75, 3.05) is 17.6 Å². The third-order valence-electron chi connectivity index (χ3n) is 5.73. The number of aromatic nitrogens is 2. The Bertz CT molecular complexity index is 1670. The predicted octanol–water partition coefficient (Wildman–Crippen LogP) is 6.82. The fraction of sp³-hybridized carbons (Fsp3) is 0.0357. The van der Waals surface area contributed by atoms with Crippen molar-refractivity contribution < 1.29 is 13.5 Å². The summed E-state index contributed by atoms with van der Waals surface area (Å²) in [6.07, 6.45) is 1.64. The van der Waals surface area contributed by atoms with Crippen molar-refractivity contribution in [3.8, 4) is 34.2 Å². The molecule has 0 bridgehead atoms. The van der Waals surface area contributed by atoms with Gasteiger partial charge in [0.05, 0.1) is 23.1 Å². The van der Waals surface area contributed by atoms with Crippen LogP contribution >= 0.6 is 11.9 Å². The van der Waals surface area contributed by atoms with Gasteiger partial charge in [-0.05, 0) is 53.4 Å². The Morgan fingerprint density at radius 3 is 2.51 bits per heavy atom. The zero-order chi connectivity index (χ0) is 25.9. The van der Waals surface area contributed by atoms with E-state index in [-0.39, 0.29) is 10.7 Å². The molecule has 9 heteroatoms. The number of rotatable bonds is 6. The van der Waals surface area contributed by atoms with Gasteiger partial charge in [-0.3, -0.25) is 0 Å². The largest absolute Gasteiger partial charge is 0.480 e. The first-order valence-electron chi connectivity index (χ1n) is 11.1. The van der Waals surface area contributed by atoms with Crippen LogP contribution < -0.4 is 15.2 Å². The van der Waals surface area contributed by atoms with Crippen LogP contribution in [0.4, 0.5) is 20.3 Å². The molecule has 182 valence electrons. The quantitative estimate of drug-likeness (QED) is 0.241. The van der Waals surface area contributed by atoms with Gasteiger partial charge in [0, 0.05) is 28.8 Å². The number of fused-ring (bicyclic) bond motifs is 1. The number of nitrogens with zero attached hydrogens (tertiary/aromatic N) is 3. The number of nitrogen functional groups attached to an aromatic ring is 1. The highest BCUT2D eigenvalue weighted by molar-refractivity contribution is 8.00. The first-order chi connectivity index (χ1) is 18.0. The molecule has 0 aliphatic heterocycles. The molecule has 3 N–H and O–H groups in total. The SMILES string of the molecule is COc1ncc(-c2ccc3nc(N)c(-c4ccccc4)c(C#N)c3c2)cc1NSc1ccc(F)cc1F. The molecule has 5 aromatic rings. The zero-order valence-electron chi connectivity index (χ0n) is 19.5. The summed E-state index contributed by atoms with van der Waals surface area (Å²) < 4.78 is 35.7. The number of benzene rings is 3. The normalized spacial score (nSPS) is 10.8. The minimum atomic E-state index is -0.680. The Morgan fingerprint density at radius 2 is 1.78 bits per heavy atom. The maximum Gasteiger partial charge on any atom is 0.237 e. The summed E-state index contributed by atoms with van der Waals surface area (Å²) in [5.74, 6) is -0.744. The molecule has 2 aromatic heterocycles. The number of halogens is 2. The summed E-state index contributed by atoms with van der Waals surface area (Å²) in [4.78, 5) is 9.12. The topological polar surface area (TPSA) is 96.8 Å². The Labute approximate surface area is 215 Å². The van der Waals surface area contributed by atoms with E-state index in [0.717, 1.165) is 34.7 Å². The van der Waals surface area contributed by atoms with Gasteiger partial charge in [0.15, 0.2) is 0 Å².